The highest BCUT2D eigenvalue weighted by Crippen LogP contribution is 2.28. The van der Waals surface area contributed by atoms with Crippen molar-refractivity contribution in [2.75, 3.05) is 36.7 Å². The molecule has 1 aliphatic rings. The number of carbonyl (C=O) groups is 1. The third-order valence-corrected chi connectivity index (χ3v) is 6.79. The van der Waals surface area contributed by atoms with Crippen LogP contribution in [0.4, 0.5) is 5.69 Å². The lowest BCUT2D eigenvalue weighted by Crippen LogP contribution is -2.48. The number of piperidine rings is 1. The number of anilines is 1. The lowest BCUT2D eigenvalue weighted by molar-refractivity contribution is -0.121. The topological polar surface area (TPSA) is 69.7 Å². The van der Waals surface area contributed by atoms with Gasteiger partial charge >= 0.3 is 0 Å². The molecule has 1 heterocycles. The van der Waals surface area contributed by atoms with E-state index in [1.165, 1.54) is 12.8 Å². The van der Waals surface area contributed by atoms with Crippen LogP contribution in [0.15, 0.2) is 18.2 Å². The molecule has 1 saturated heterocycles. The van der Waals surface area contributed by atoms with Gasteiger partial charge in [-0.25, -0.2) is 8.42 Å². The van der Waals surface area contributed by atoms with Crippen molar-refractivity contribution in [2.24, 2.45) is 5.92 Å². The smallest absolute Gasteiger partial charge is 0.243 e. The second-order valence-electron chi connectivity index (χ2n) is 7.83. The number of aryl methyl sites for hydroxylation is 1. The van der Waals surface area contributed by atoms with Gasteiger partial charge in [-0.05, 0) is 76.4 Å². The van der Waals surface area contributed by atoms with E-state index in [0.29, 0.717) is 17.3 Å². The van der Waals surface area contributed by atoms with Gasteiger partial charge in [0.1, 0.15) is 6.04 Å². The van der Waals surface area contributed by atoms with Gasteiger partial charge in [0.05, 0.1) is 11.9 Å². The summed E-state index contributed by atoms with van der Waals surface area (Å²) in [6.07, 6.45) is 4.41. The van der Waals surface area contributed by atoms with E-state index in [2.05, 4.69) is 17.1 Å². The molecule has 1 N–H and O–H groups in total. The first kappa shape index (κ1) is 23.0. The van der Waals surface area contributed by atoms with E-state index >= 15 is 0 Å². The quantitative estimate of drug-likeness (QED) is 0.645. The Balaban J connectivity index is 1.95. The zero-order chi connectivity index (χ0) is 20.9. The van der Waals surface area contributed by atoms with Gasteiger partial charge in [0, 0.05) is 11.6 Å². The van der Waals surface area contributed by atoms with Crippen molar-refractivity contribution in [3.05, 3.63) is 28.8 Å². The van der Waals surface area contributed by atoms with E-state index in [1.54, 1.807) is 32.0 Å². The molecule has 1 amide bonds. The van der Waals surface area contributed by atoms with E-state index in [1.807, 2.05) is 0 Å². The molecule has 1 aromatic carbocycles. The van der Waals surface area contributed by atoms with E-state index in [4.69, 9.17) is 11.6 Å². The SMILES string of the molecule is Cc1ccc(Cl)cc1N(C(C)C(=O)NCCCN1CCC(C)CC1)S(C)(=O)=O. The van der Waals surface area contributed by atoms with Crippen molar-refractivity contribution < 1.29 is 13.2 Å². The summed E-state index contributed by atoms with van der Waals surface area (Å²) in [6.45, 7) is 9.39. The molecule has 1 aliphatic heterocycles. The first-order chi connectivity index (χ1) is 13.1. The fourth-order valence-electron chi connectivity index (χ4n) is 3.55. The molecule has 1 atom stereocenters. The highest BCUT2D eigenvalue weighted by molar-refractivity contribution is 7.92. The standard InChI is InChI=1S/C20H32ClN3O3S/c1-15-8-12-23(13-9-15)11-5-10-22-20(25)17(3)24(28(4,26)27)19-14-18(21)7-6-16(19)2/h6-7,14-15,17H,5,8-13H2,1-4H3,(H,22,25). The van der Waals surface area contributed by atoms with Crippen LogP contribution < -0.4 is 9.62 Å². The van der Waals surface area contributed by atoms with Gasteiger partial charge in [-0.1, -0.05) is 24.6 Å². The van der Waals surface area contributed by atoms with E-state index in [-0.39, 0.29) is 5.91 Å². The molecular formula is C20H32ClN3O3S. The largest absolute Gasteiger partial charge is 0.354 e. The second-order valence-corrected chi connectivity index (χ2v) is 10.1. The summed E-state index contributed by atoms with van der Waals surface area (Å²) < 4.78 is 25.9. The zero-order valence-corrected chi connectivity index (χ0v) is 18.8. The fourth-order valence-corrected chi connectivity index (χ4v) is 4.94. The van der Waals surface area contributed by atoms with E-state index < -0.39 is 16.1 Å². The van der Waals surface area contributed by atoms with Gasteiger partial charge in [0.25, 0.3) is 0 Å². The number of hydrogen-bond acceptors (Lipinski definition) is 4. The summed E-state index contributed by atoms with van der Waals surface area (Å²) in [5, 5.41) is 3.31. The molecule has 0 bridgehead atoms. The van der Waals surface area contributed by atoms with Gasteiger partial charge in [-0.2, -0.15) is 0 Å². The average molecular weight is 430 g/mol. The van der Waals surface area contributed by atoms with Crippen molar-refractivity contribution in [1.82, 2.24) is 10.2 Å². The van der Waals surface area contributed by atoms with Gasteiger partial charge in [0.15, 0.2) is 0 Å². The number of nitrogens with zero attached hydrogens (tertiary/aromatic N) is 2. The summed E-state index contributed by atoms with van der Waals surface area (Å²) in [5.74, 6) is 0.491. The fraction of sp³-hybridized carbons (Fsp3) is 0.650. The third-order valence-electron chi connectivity index (χ3n) is 5.32. The first-order valence-corrected chi connectivity index (χ1v) is 12.1. The maximum absolute atomic E-state index is 12.6. The Hall–Kier alpha value is -1.31. The number of carbonyl (C=O) groups excluding carboxylic acids is 1. The Bertz CT molecular complexity index is 777. The number of sulfonamides is 1. The number of halogens is 1. The lowest BCUT2D eigenvalue weighted by atomic mass is 9.99. The third kappa shape index (κ3) is 6.36. The Morgan fingerprint density at radius 1 is 1.36 bits per heavy atom. The van der Waals surface area contributed by atoms with Crippen LogP contribution >= 0.6 is 11.6 Å². The minimum Gasteiger partial charge on any atom is -0.354 e. The van der Waals surface area contributed by atoms with Gasteiger partial charge in [-0.3, -0.25) is 9.10 Å². The predicted molar refractivity (Wildman–Crippen MR) is 115 cm³/mol. The van der Waals surface area contributed by atoms with Gasteiger partial charge < -0.3 is 10.2 Å². The molecule has 158 valence electrons. The molecular weight excluding hydrogens is 398 g/mol. The molecule has 1 unspecified atom stereocenters. The average Bonchev–Trinajstić information content (AvgIpc) is 2.62. The summed E-state index contributed by atoms with van der Waals surface area (Å²) >= 11 is 6.05. The molecule has 6 nitrogen and oxygen atoms in total. The maximum atomic E-state index is 12.6. The number of likely N-dealkylation sites (tertiary alicyclic amines) is 1. The zero-order valence-electron chi connectivity index (χ0n) is 17.2. The van der Waals surface area contributed by atoms with Crippen LogP contribution in [0.1, 0.15) is 38.7 Å². The number of nitrogens with one attached hydrogen (secondary N) is 1. The summed E-state index contributed by atoms with van der Waals surface area (Å²) in [6, 6.07) is 4.18. The maximum Gasteiger partial charge on any atom is 0.243 e. The minimum absolute atomic E-state index is 0.308. The second kappa shape index (κ2) is 9.94. The van der Waals surface area contributed by atoms with Crippen LogP contribution in [0.25, 0.3) is 0 Å². The lowest BCUT2D eigenvalue weighted by Gasteiger charge is -2.31. The Labute approximate surface area is 174 Å². The molecule has 0 aromatic heterocycles. The Morgan fingerprint density at radius 3 is 2.61 bits per heavy atom. The molecule has 8 heteroatoms. The molecule has 1 aromatic rings. The van der Waals surface area contributed by atoms with E-state index in [0.717, 1.165) is 48.1 Å². The molecule has 1 fully saturated rings. The van der Waals surface area contributed by atoms with Crippen LogP contribution in [0.5, 0.6) is 0 Å². The van der Waals surface area contributed by atoms with Crippen molar-refractivity contribution >= 4 is 33.2 Å². The number of hydrogen-bond donors (Lipinski definition) is 1. The van der Waals surface area contributed by atoms with Gasteiger partial charge in [0.2, 0.25) is 15.9 Å². The highest BCUT2D eigenvalue weighted by atomic mass is 35.5. The molecule has 0 saturated carbocycles. The number of benzene rings is 1. The Kier molecular flexibility index (Phi) is 8.16. The van der Waals surface area contributed by atoms with Gasteiger partial charge in [-0.15, -0.1) is 0 Å². The molecule has 28 heavy (non-hydrogen) atoms. The normalized spacial score (nSPS) is 17.3. The highest BCUT2D eigenvalue weighted by Gasteiger charge is 2.30. The molecule has 0 radical (unpaired) electrons. The van der Waals surface area contributed by atoms with Crippen molar-refractivity contribution in [3.63, 3.8) is 0 Å². The summed E-state index contributed by atoms with van der Waals surface area (Å²) in [4.78, 5) is 15.1. The van der Waals surface area contributed by atoms with Crippen LogP contribution in [0, 0.1) is 12.8 Å². The van der Waals surface area contributed by atoms with Crippen molar-refractivity contribution in [2.45, 2.75) is 46.1 Å². The van der Waals surface area contributed by atoms with Crippen molar-refractivity contribution in [1.29, 1.82) is 0 Å². The van der Waals surface area contributed by atoms with Crippen molar-refractivity contribution in [3.8, 4) is 0 Å². The Morgan fingerprint density at radius 2 is 2.00 bits per heavy atom. The predicted octanol–water partition coefficient (Wildman–Crippen LogP) is 3.04. The van der Waals surface area contributed by atoms with E-state index in [9.17, 15) is 13.2 Å². The summed E-state index contributed by atoms with van der Waals surface area (Å²) in [7, 11) is -3.65. The van der Waals surface area contributed by atoms with Crippen LogP contribution in [-0.2, 0) is 14.8 Å². The summed E-state index contributed by atoms with van der Waals surface area (Å²) in [5.41, 5.74) is 1.17. The molecule has 2 rings (SSSR count). The van der Waals surface area contributed by atoms with Crippen LogP contribution in [-0.4, -0.2) is 57.7 Å². The molecule has 0 aliphatic carbocycles. The number of rotatable bonds is 8. The van der Waals surface area contributed by atoms with Crippen LogP contribution in [0.2, 0.25) is 5.02 Å². The monoisotopic (exact) mass is 429 g/mol. The first-order valence-electron chi connectivity index (χ1n) is 9.85. The van der Waals surface area contributed by atoms with Crippen LogP contribution in [0.3, 0.4) is 0 Å². The minimum atomic E-state index is -3.65. The molecule has 0 spiro atoms. The number of amides is 1.